The fraction of sp³-hybridized carbons (Fsp3) is 0.316. The van der Waals surface area contributed by atoms with Gasteiger partial charge in [0.2, 0.25) is 5.88 Å². The number of aliphatic hydroxyl groups is 1. The van der Waals surface area contributed by atoms with Gasteiger partial charge in [-0.2, -0.15) is 13.2 Å². The molecule has 2 aromatic rings. The molecule has 0 unspecified atom stereocenters. The number of esters is 1. The lowest BCUT2D eigenvalue weighted by atomic mass is 10.0. The minimum absolute atomic E-state index is 0.0230. The zero-order chi connectivity index (χ0) is 21.6. The number of amides is 1. The SMILES string of the molecule is COC(=O)[C@H](Cc1ccc(OC)nc1)NC(=O)[C@H](O)c1ccc(C(F)(F)F)cc1. The Kier molecular flexibility index (Phi) is 7.16. The van der Waals surface area contributed by atoms with Gasteiger partial charge in [-0.3, -0.25) is 4.79 Å². The van der Waals surface area contributed by atoms with E-state index < -0.39 is 35.8 Å². The van der Waals surface area contributed by atoms with E-state index >= 15 is 0 Å². The Morgan fingerprint density at radius 3 is 2.28 bits per heavy atom. The van der Waals surface area contributed by atoms with Crippen LogP contribution in [0.3, 0.4) is 0 Å². The number of rotatable bonds is 7. The summed E-state index contributed by atoms with van der Waals surface area (Å²) in [5, 5.41) is 12.5. The van der Waals surface area contributed by atoms with Gasteiger partial charge in [0.05, 0.1) is 19.8 Å². The van der Waals surface area contributed by atoms with Crippen LogP contribution >= 0.6 is 0 Å². The molecule has 0 saturated heterocycles. The van der Waals surface area contributed by atoms with E-state index in [4.69, 9.17) is 4.74 Å². The number of methoxy groups -OCH3 is 2. The standard InChI is InChI=1S/C19H19F3N2O5/c1-28-15-8-3-11(10-23-15)9-14(18(27)29-2)24-17(26)16(25)12-4-6-13(7-5-12)19(20,21)22/h3-8,10,14,16,25H,9H2,1-2H3,(H,24,26)/t14-,16+/m0/s1. The Bertz CT molecular complexity index is 838. The highest BCUT2D eigenvalue weighted by molar-refractivity contribution is 5.87. The van der Waals surface area contributed by atoms with Crippen LogP contribution in [0.5, 0.6) is 5.88 Å². The van der Waals surface area contributed by atoms with Gasteiger partial charge in [-0.25, -0.2) is 9.78 Å². The van der Waals surface area contributed by atoms with E-state index in [0.29, 0.717) is 11.4 Å². The number of aromatic nitrogens is 1. The number of pyridine rings is 1. The molecule has 10 heteroatoms. The van der Waals surface area contributed by atoms with Crippen LogP contribution in [-0.2, 0) is 26.9 Å². The highest BCUT2D eigenvalue weighted by Gasteiger charge is 2.31. The molecule has 1 aromatic carbocycles. The van der Waals surface area contributed by atoms with Gasteiger partial charge in [-0.1, -0.05) is 18.2 Å². The molecule has 0 aliphatic carbocycles. The van der Waals surface area contributed by atoms with Gasteiger partial charge in [0.25, 0.3) is 5.91 Å². The number of carbonyl (C=O) groups excluding carboxylic acids is 2. The van der Waals surface area contributed by atoms with Gasteiger partial charge in [-0.15, -0.1) is 0 Å². The number of benzene rings is 1. The molecule has 0 fully saturated rings. The summed E-state index contributed by atoms with van der Waals surface area (Å²) in [6.07, 6.45) is -4.82. The van der Waals surface area contributed by atoms with Crippen molar-refractivity contribution < 1.29 is 37.3 Å². The van der Waals surface area contributed by atoms with Gasteiger partial charge in [0, 0.05) is 18.7 Å². The first-order chi connectivity index (χ1) is 13.7. The van der Waals surface area contributed by atoms with Crippen molar-refractivity contribution >= 4 is 11.9 Å². The van der Waals surface area contributed by atoms with E-state index in [1.807, 2.05) is 0 Å². The van der Waals surface area contributed by atoms with Crippen molar-refractivity contribution in [3.63, 3.8) is 0 Å². The fourth-order valence-electron chi connectivity index (χ4n) is 2.48. The van der Waals surface area contributed by atoms with Crippen LogP contribution in [0.25, 0.3) is 0 Å². The molecule has 1 heterocycles. The highest BCUT2D eigenvalue weighted by Crippen LogP contribution is 2.30. The van der Waals surface area contributed by atoms with Crippen LogP contribution in [0.4, 0.5) is 13.2 Å². The molecule has 29 heavy (non-hydrogen) atoms. The second-order valence-corrected chi connectivity index (χ2v) is 6.02. The molecule has 0 radical (unpaired) electrons. The van der Waals surface area contributed by atoms with Gasteiger partial charge >= 0.3 is 12.1 Å². The van der Waals surface area contributed by atoms with Crippen LogP contribution in [0.1, 0.15) is 22.8 Å². The summed E-state index contributed by atoms with van der Waals surface area (Å²) in [5.41, 5.74) is -0.371. The van der Waals surface area contributed by atoms with E-state index in [1.165, 1.54) is 13.3 Å². The summed E-state index contributed by atoms with van der Waals surface area (Å²) in [5.74, 6) is -1.35. The summed E-state index contributed by atoms with van der Waals surface area (Å²) < 4.78 is 47.5. The zero-order valence-electron chi connectivity index (χ0n) is 15.6. The van der Waals surface area contributed by atoms with Crippen LogP contribution in [0, 0.1) is 0 Å². The number of carbonyl (C=O) groups is 2. The lowest BCUT2D eigenvalue weighted by molar-refractivity contribution is -0.146. The molecular weight excluding hydrogens is 393 g/mol. The van der Waals surface area contributed by atoms with Gasteiger partial charge < -0.3 is 19.9 Å². The van der Waals surface area contributed by atoms with Crippen molar-refractivity contribution in [2.24, 2.45) is 0 Å². The molecule has 0 aliphatic rings. The summed E-state index contributed by atoms with van der Waals surface area (Å²) in [6, 6.07) is 5.58. The van der Waals surface area contributed by atoms with E-state index in [2.05, 4.69) is 15.0 Å². The number of aliphatic hydroxyl groups excluding tert-OH is 1. The fourth-order valence-corrected chi connectivity index (χ4v) is 2.48. The van der Waals surface area contributed by atoms with Crippen molar-refractivity contribution in [1.29, 1.82) is 0 Å². The van der Waals surface area contributed by atoms with Gasteiger partial charge in [0.15, 0.2) is 6.10 Å². The Morgan fingerprint density at radius 2 is 1.79 bits per heavy atom. The predicted molar refractivity (Wildman–Crippen MR) is 94.8 cm³/mol. The van der Waals surface area contributed by atoms with Gasteiger partial charge in [-0.05, 0) is 23.3 Å². The normalized spacial score (nSPS) is 13.3. The molecular formula is C19H19F3N2O5. The molecule has 156 valence electrons. The Morgan fingerprint density at radius 1 is 1.14 bits per heavy atom. The smallest absolute Gasteiger partial charge is 0.416 e. The molecule has 2 atom stereocenters. The lowest BCUT2D eigenvalue weighted by Gasteiger charge is -2.19. The molecule has 0 spiro atoms. The van der Waals surface area contributed by atoms with E-state index in [0.717, 1.165) is 31.4 Å². The molecule has 0 aliphatic heterocycles. The first-order valence-electron chi connectivity index (χ1n) is 8.38. The van der Waals surface area contributed by atoms with Crippen LogP contribution in [0.15, 0.2) is 42.6 Å². The highest BCUT2D eigenvalue weighted by atomic mass is 19.4. The second-order valence-electron chi connectivity index (χ2n) is 6.02. The van der Waals surface area contributed by atoms with Crippen molar-refractivity contribution in [2.45, 2.75) is 24.7 Å². The quantitative estimate of drug-likeness (QED) is 0.676. The van der Waals surface area contributed by atoms with Crippen LogP contribution < -0.4 is 10.1 Å². The number of ether oxygens (including phenoxy) is 2. The molecule has 1 amide bonds. The van der Waals surface area contributed by atoms with Crippen LogP contribution in [0.2, 0.25) is 0 Å². The summed E-state index contributed by atoms with van der Waals surface area (Å²) in [6.45, 7) is 0. The minimum atomic E-state index is -4.53. The van der Waals surface area contributed by atoms with Crippen molar-refractivity contribution in [3.05, 3.63) is 59.3 Å². The molecule has 2 N–H and O–H groups in total. The molecule has 0 bridgehead atoms. The van der Waals surface area contributed by atoms with E-state index in [1.54, 1.807) is 12.1 Å². The van der Waals surface area contributed by atoms with E-state index in [9.17, 15) is 27.9 Å². The lowest BCUT2D eigenvalue weighted by Crippen LogP contribution is -2.45. The van der Waals surface area contributed by atoms with Crippen LogP contribution in [-0.4, -0.2) is 42.2 Å². The number of nitrogens with one attached hydrogen (secondary N) is 1. The monoisotopic (exact) mass is 412 g/mol. The molecule has 7 nitrogen and oxygen atoms in total. The topological polar surface area (TPSA) is 97.8 Å². The molecule has 2 rings (SSSR count). The average Bonchev–Trinajstić information content (AvgIpc) is 2.72. The third-order valence-electron chi connectivity index (χ3n) is 4.05. The summed E-state index contributed by atoms with van der Waals surface area (Å²) in [4.78, 5) is 28.3. The minimum Gasteiger partial charge on any atom is -0.481 e. The number of nitrogens with zero attached hydrogens (tertiary/aromatic N) is 1. The Balaban J connectivity index is 2.10. The molecule has 1 aromatic heterocycles. The van der Waals surface area contributed by atoms with Gasteiger partial charge in [0.1, 0.15) is 6.04 Å². The number of hydrogen-bond acceptors (Lipinski definition) is 6. The Labute approximate surface area is 164 Å². The van der Waals surface area contributed by atoms with E-state index in [-0.39, 0.29) is 12.0 Å². The third kappa shape index (κ3) is 5.92. The van der Waals surface area contributed by atoms with Crippen molar-refractivity contribution in [1.82, 2.24) is 10.3 Å². The first kappa shape index (κ1) is 22.2. The van der Waals surface area contributed by atoms with Crippen molar-refractivity contribution in [3.8, 4) is 5.88 Å². The number of hydrogen-bond donors (Lipinski definition) is 2. The maximum Gasteiger partial charge on any atom is 0.416 e. The second kappa shape index (κ2) is 9.37. The predicted octanol–water partition coefficient (Wildman–Crippen LogP) is 2.04. The molecule has 0 saturated carbocycles. The summed E-state index contributed by atoms with van der Waals surface area (Å²) >= 11 is 0. The Hall–Kier alpha value is -3.14. The number of halogens is 3. The summed E-state index contributed by atoms with van der Waals surface area (Å²) in [7, 11) is 2.59. The maximum absolute atomic E-state index is 12.6. The number of alkyl halides is 3. The largest absolute Gasteiger partial charge is 0.481 e. The zero-order valence-corrected chi connectivity index (χ0v) is 15.6. The van der Waals surface area contributed by atoms with Crippen molar-refractivity contribution in [2.75, 3.05) is 14.2 Å². The first-order valence-corrected chi connectivity index (χ1v) is 8.38. The maximum atomic E-state index is 12.6. The average molecular weight is 412 g/mol. The third-order valence-corrected chi connectivity index (χ3v) is 4.05.